The normalized spacial score (nSPS) is 17.2. The van der Waals surface area contributed by atoms with Crippen LogP contribution in [0.2, 0.25) is 0 Å². The molecule has 3 N–H and O–H groups in total. The fourth-order valence-corrected chi connectivity index (χ4v) is 3.50. The predicted molar refractivity (Wildman–Crippen MR) is 116 cm³/mol. The van der Waals surface area contributed by atoms with Gasteiger partial charge in [0.05, 0.1) is 29.0 Å². The third kappa shape index (κ3) is 4.12. The van der Waals surface area contributed by atoms with Crippen molar-refractivity contribution in [1.29, 1.82) is 0 Å². The maximum Gasteiger partial charge on any atom is 0.246 e. The number of carbonyl (C=O) groups is 1. The number of hydrogen-bond donors (Lipinski definition) is 3. The third-order valence-electron chi connectivity index (χ3n) is 5.08. The van der Waals surface area contributed by atoms with Gasteiger partial charge in [0.1, 0.15) is 5.82 Å². The van der Waals surface area contributed by atoms with Crippen molar-refractivity contribution in [2.75, 3.05) is 23.7 Å². The zero-order valence-electron chi connectivity index (χ0n) is 17.5. The molecule has 0 aliphatic carbocycles. The van der Waals surface area contributed by atoms with E-state index in [-0.39, 0.29) is 17.5 Å². The van der Waals surface area contributed by atoms with Crippen LogP contribution in [0.1, 0.15) is 33.6 Å². The summed E-state index contributed by atoms with van der Waals surface area (Å²) in [4.78, 5) is 23.0. The van der Waals surface area contributed by atoms with Crippen LogP contribution in [0.15, 0.2) is 31.2 Å². The van der Waals surface area contributed by atoms with Crippen molar-refractivity contribution in [2.45, 2.75) is 45.2 Å². The van der Waals surface area contributed by atoms with Gasteiger partial charge in [-0.3, -0.25) is 14.6 Å². The van der Waals surface area contributed by atoms with E-state index in [1.165, 1.54) is 6.08 Å². The smallest absolute Gasteiger partial charge is 0.246 e. The van der Waals surface area contributed by atoms with E-state index in [1.807, 2.05) is 15.8 Å². The zero-order chi connectivity index (χ0) is 21.3. The van der Waals surface area contributed by atoms with Crippen LogP contribution in [0.5, 0.6) is 0 Å². The van der Waals surface area contributed by atoms with E-state index < -0.39 is 0 Å². The molecule has 0 spiro atoms. The molecule has 1 saturated heterocycles. The largest absolute Gasteiger partial charge is 0.365 e. The molecular formula is C20H27N9O. The topological polar surface area (TPSA) is 117 Å². The quantitative estimate of drug-likeness (QED) is 0.555. The van der Waals surface area contributed by atoms with E-state index in [0.29, 0.717) is 24.0 Å². The van der Waals surface area contributed by atoms with Crippen LogP contribution in [0.25, 0.3) is 11.0 Å². The first kappa shape index (κ1) is 19.9. The Morgan fingerprint density at radius 3 is 2.90 bits per heavy atom. The number of anilines is 3. The van der Waals surface area contributed by atoms with Crippen molar-refractivity contribution in [3.8, 4) is 0 Å². The average molecular weight is 409 g/mol. The standard InChI is InChI=1S/C20H27N9O/c1-5-16(30)28-8-6-7-13(11-28)23-17-15-10-21-27-18(15)26-19(25-17)24-14-9-22-29(12-14)20(2,3)4/h5,9-10,12-13H,1,6-8,11H2,2-4H3,(H3,21,23,24,25,26,27)/t13-/m1/s1. The Labute approximate surface area is 174 Å². The van der Waals surface area contributed by atoms with E-state index in [9.17, 15) is 4.79 Å². The Bertz CT molecular complexity index is 1060. The Morgan fingerprint density at radius 2 is 2.17 bits per heavy atom. The van der Waals surface area contributed by atoms with Crippen LogP contribution in [0.4, 0.5) is 17.5 Å². The van der Waals surface area contributed by atoms with Gasteiger partial charge in [-0.25, -0.2) is 0 Å². The van der Waals surface area contributed by atoms with Crippen molar-refractivity contribution in [3.63, 3.8) is 0 Å². The summed E-state index contributed by atoms with van der Waals surface area (Å²) >= 11 is 0. The van der Waals surface area contributed by atoms with Gasteiger partial charge in [0.15, 0.2) is 5.65 Å². The van der Waals surface area contributed by atoms with Gasteiger partial charge in [-0.2, -0.15) is 20.2 Å². The number of carbonyl (C=O) groups excluding carboxylic acids is 1. The molecule has 10 heteroatoms. The molecule has 0 aromatic carbocycles. The summed E-state index contributed by atoms with van der Waals surface area (Å²) in [5.41, 5.74) is 1.32. The van der Waals surface area contributed by atoms with Gasteiger partial charge in [-0.05, 0) is 39.7 Å². The van der Waals surface area contributed by atoms with Crippen molar-refractivity contribution >= 4 is 34.4 Å². The van der Waals surface area contributed by atoms with Crippen LogP contribution in [-0.4, -0.2) is 59.9 Å². The minimum atomic E-state index is -0.115. The number of H-pyrrole nitrogens is 1. The third-order valence-corrected chi connectivity index (χ3v) is 5.08. The van der Waals surface area contributed by atoms with Gasteiger partial charge in [0, 0.05) is 25.3 Å². The van der Waals surface area contributed by atoms with Crippen molar-refractivity contribution in [2.24, 2.45) is 0 Å². The number of rotatable bonds is 5. The van der Waals surface area contributed by atoms with Gasteiger partial charge in [-0.1, -0.05) is 6.58 Å². The Morgan fingerprint density at radius 1 is 1.33 bits per heavy atom. The lowest BCUT2D eigenvalue weighted by molar-refractivity contribution is -0.127. The summed E-state index contributed by atoms with van der Waals surface area (Å²) in [5.74, 6) is 1.07. The highest BCUT2D eigenvalue weighted by molar-refractivity contribution is 5.88. The maximum atomic E-state index is 12.0. The summed E-state index contributed by atoms with van der Waals surface area (Å²) in [6, 6.07) is 0.0899. The fourth-order valence-electron chi connectivity index (χ4n) is 3.50. The number of fused-ring (bicyclic) bond motifs is 1. The van der Waals surface area contributed by atoms with Crippen molar-refractivity contribution in [3.05, 3.63) is 31.2 Å². The minimum Gasteiger partial charge on any atom is -0.365 e. The van der Waals surface area contributed by atoms with Gasteiger partial charge >= 0.3 is 0 Å². The van der Waals surface area contributed by atoms with E-state index in [1.54, 1.807) is 12.4 Å². The van der Waals surface area contributed by atoms with E-state index in [4.69, 9.17) is 0 Å². The van der Waals surface area contributed by atoms with Crippen LogP contribution in [0.3, 0.4) is 0 Å². The monoisotopic (exact) mass is 409 g/mol. The Hall–Kier alpha value is -3.43. The predicted octanol–water partition coefficient (Wildman–Crippen LogP) is 2.64. The summed E-state index contributed by atoms with van der Waals surface area (Å²) in [7, 11) is 0. The molecule has 158 valence electrons. The molecule has 10 nitrogen and oxygen atoms in total. The number of nitrogens with zero attached hydrogens (tertiary/aromatic N) is 6. The van der Waals surface area contributed by atoms with Gasteiger partial charge < -0.3 is 15.5 Å². The first-order chi connectivity index (χ1) is 14.3. The van der Waals surface area contributed by atoms with E-state index in [0.717, 1.165) is 30.5 Å². The van der Waals surface area contributed by atoms with E-state index >= 15 is 0 Å². The van der Waals surface area contributed by atoms with Crippen LogP contribution < -0.4 is 10.6 Å². The Balaban J connectivity index is 1.56. The summed E-state index contributed by atoms with van der Waals surface area (Å²) in [6.45, 7) is 11.2. The summed E-state index contributed by atoms with van der Waals surface area (Å²) in [6.07, 6.45) is 8.61. The number of nitrogens with one attached hydrogen (secondary N) is 3. The molecule has 3 aromatic heterocycles. The second kappa shape index (κ2) is 7.77. The first-order valence-electron chi connectivity index (χ1n) is 10.0. The lowest BCUT2D eigenvalue weighted by Crippen LogP contribution is -2.44. The highest BCUT2D eigenvalue weighted by Crippen LogP contribution is 2.25. The molecule has 1 fully saturated rings. The van der Waals surface area contributed by atoms with E-state index in [2.05, 4.69) is 63.2 Å². The molecule has 1 aliphatic heterocycles. The van der Waals surface area contributed by atoms with Gasteiger partial charge in [0.25, 0.3) is 0 Å². The molecule has 30 heavy (non-hydrogen) atoms. The molecular weight excluding hydrogens is 382 g/mol. The SMILES string of the molecule is C=CC(=O)N1CCC[C@@H](Nc2nc(Nc3cnn(C(C)(C)C)c3)nc3[nH]ncc23)C1. The molecule has 0 unspecified atom stereocenters. The second-order valence-electron chi connectivity index (χ2n) is 8.47. The van der Waals surface area contributed by atoms with Crippen LogP contribution in [0, 0.1) is 0 Å². The molecule has 1 atom stereocenters. The summed E-state index contributed by atoms with van der Waals surface area (Å²) in [5, 5.41) is 18.9. The molecule has 0 radical (unpaired) electrons. The molecule has 0 bridgehead atoms. The number of amides is 1. The minimum absolute atomic E-state index is 0.0455. The highest BCUT2D eigenvalue weighted by Gasteiger charge is 2.23. The Kier molecular flexibility index (Phi) is 5.15. The summed E-state index contributed by atoms with van der Waals surface area (Å²) < 4.78 is 1.89. The van der Waals surface area contributed by atoms with Gasteiger partial charge in [-0.15, -0.1) is 0 Å². The molecule has 4 rings (SSSR count). The fraction of sp³-hybridized carbons (Fsp3) is 0.450. The number of aromatic amines is 1. The van der Waals surface area contributed by atoms with Crippen LogP contribution >= 0.6 is 0 Å². The number of piperidine rings is 1. The molecule has 4 heterocycles. The van der Waals surface area contributed by atoms with Crippen LogP contribution in [-0.2, 0) is 10.3 Å². The lowest BCUT2D eigenvalue weighted by Gasteiger charge is -2.32. The zero-order valence-corrected chi connectivity index (χ0v) is 17.5. The number of aromatic nitrogens is 6. The molecule has 3 aromatic rings. The average Bonchev–Trinajstić information content (AvgIpc) is 3.37. The number of likely N-dealkylation sites (tertiary alicyclic amines) is 1. The molecule has 1 amide bonds. The molecule has 1 aliphatic rings. The second-order valence-corrected chi connectivity index (χ2v) is 8.47. The van der Waals surface area contributed by atoms with Gasteiger partial charge in [0.2, 0.25) is 11.9 Å². The first-order valence-corrected chi connectivity index (χ1v) is 10.0. The van der Waals surface area contributed by atoms with Crippen molar-refractivity contribution in [1.82, 2.24) is 34.8 Å². The molecule has 0 saturated carbocycles. The highest BCUT2D eigenvalue weighted by atomic mass is 16.2. The number of hydrogen-bond acceptors (Lipinski definition) is 7. The maximum absolute atomic E-state index is 12.0. The lowest BCUT2D eigenvalue weighted by atomic mass is 10.1. The van der Waals surface area contributed by atoms with Crippen molar-refractivity contribution < 1.29 is 4.79 Å².